The second kappa shape index (κ2) is 6.33. The van der Waals surface area contributed by atoms with Crippen molar-refractivity contribution >= 4 is 6.08 Å². The first-order chi connectivity index (χ1) is 9.22. The van der Waals surface area contributed by atoms with Crippen molar-refractivity contribution in [3.05, 3.63) is 72.1 Å². The Hall–Kier alpha value is -1.89. The van der Waals surface area contributed by atoms with E-state index in [2.05, 4.69) is 73.8 Å². The molecule has 0 aliphatic heterocycles. The minimum absolute atomic E-state index is 0.640. The fraction of sp³-hybridized carbons (Fsp3) is 0.278. The lowest BCUT2D eigenvalue weighted by Gasteiger charge is -2.07. The van der Waals surface area contributed by atoms with Gasteiger partial charge >= 0.3 is 0 Å². The van der Waals surface area contributed by atoms with Crippen molar-refractivity contribution in [2.75, 3.05) is 0 Å². The second-order valence-electron chi connectivity index (χ2n) is 5.06. The Morgan fingerprint density at radius 3 is 2.26 bits per heavy atom. The standard InChI is InChI=1S/C18H22N/c1-4-15(3)18-10-12-19(13-11-18)14-17-8-6-16(5-2)7-9-17/h5-13,15H,2,4,14H2,1,3H3/q+1. The van der Waals surface area contributed by atoms with Crippen LogP contribution in [-0.4, -0.2) is 0 Å². The van der Waals surface area contributed by atoms with E-state index in [0.29, 0.717) is 5.92 Å². The fourth-order valence-electron chi connectivity index (χ4n) is 2.11. The van der Waals surface area contributed by atoms with Gasteiger partial charge in [-0.15, -0.1) is 0 Å². The number of hydrogen-bond acceptors (Lipinski definition) is 0. The van der Waals surface area contributed by atoms with Crippen molar-refractivity contribution in [2.24, 2.45) is 0 Å². The van der Waals surface area contributed by atoms with Crippen LogP contribution in [0.2, 0.25) is 0 Å². The van der Waals surface area contributed by atoms with Crippen molar-refractivity contribution in [3.8, 4) is 0 Å². The summed E-state index contributed by atoms with van der Waals surface area (Å²) in [6, 6.07) is 13.0. The van der Waals surface area contributed by atoms with Gasteiger partial charge in [-0.2, -0.15) is 0 Å². The number of hydrogen-bond donors (Lipinski definition) is 0. The predicted molar refractivity (Wildman–Crippen MR) is 81.0 cm³/mol. The quantitative estimate of drug-likeness (QED) is 0.703. The maximum atomic E-state index is 3.77. The zero-order valence-corrected chi connectivity index (χ0v) is 11.8. The number of pyridine rings is 1. The monoisotopic (exact) mass is 252 g/mol. The molecule has 0 N–H and O–H groups in total. The topological polar surface area (TPSA) is 3.88 Å². The largest absolute Gasteiger partial charge is 0.201 e. The van der Waals surface area contributed by atoms with E-state index >= 15 is 0 Å². The first-order valence-corrected chi connectivity index (χ1v) is 6.93. The third-order valence-electron chi connectivity index (χ3n) is 3.68. The highest BCUT2D eigenvalue weighted by atomic mass is 14.9. The van der Waals surface area contributed by atoms with Crippen LogP contribution in [0, 0.1) is 0 Å². The summed E-state index contributed by atoms with van der Waals surface area (Å²) in [6.45, 7) is 9.19. The smallest absolute Gasteiger partial charge is 0.173 e. The van der Waals surface area contributed by atoms with Crippen LogP contribution in [0.3, 0.4) is 0 Å². The van der Waals surface area contributed by atoms with Gasteiger partial charge in [-0.3, -0.25) is 0 Å². The normalized spacial score (nSPS) is 12.1. The number of aromatic nitrogens is 1. The van der Waals surface area contributed by atoms with Crippen molar-refractivity contribution in [2.45, 2.75) is 32.7 Å². The molecule has 2 rings (SSSR count). The molecule has 2 aromatic rings. The molecule has 1 nitrogen and oxygen atoms in total. The molecule has 1 heterocycles. The van der Waals surface area contributed by atoms with Crippen molar-refractivity contribution in [1.82, 2.24) is 0 Å². The van der Waals surface area contributed by atoms with E-state index in [9.17, 15) is 0 Å². The molecule has 0 radical (unpaired) electrons. The van der Waals surface area contributed by atoms with E-state index in [-0.39, 0.29) is 0 Å². The molecule has 0 aliphatic rings. The molecule has 0 fully saturated rings. The summed E-state index contributed by atoms with van der Waals surface area (Å²) in [7, 11) is 0. The van der Waals surface area contributed by atoms with Crippen LogP contribution in [0.5, 0.6) is 0 Å². The van der Waals surface area contributed by atoms with Crippen molar-refractivity contribution in [1.29, 1.82) is 0 Å². The maximum absolute atomic E-state index is 3.77. The zero-order valence-electron chi connectivity index (χ0n) is 11.8. The summed E-state index contributed by atoms with van der Waals surface area (Å²) in [5.41, 5.74) is 3.90. The summed E-state index contributed by atoms with van der Waals surface area (Å²) >= 11 is 0. The maximum Gasteiger partial charge on any atom is 0.173 e. The third-order valence-corrected chi connectivity index (χ3v) is 3.68. The van der Waals surface area contributed by atoms with Gasteiger partial charge in [-0.1, -0.05) is 50.8 Å². The minimum atomic E-state index is 0.640. The fourth-order valence-corrected chi connectivity index (χ4v) is 2.11. The highest BCUT2D eigenvalue weighted by Gasteiger charge is 2.06. The summed E-state index contributed by atoms with van der Waals surface area (Å²) in [4.78, 5) is 0. The van der Waals surface area contributed by atoms with Crippen LogP contribution < -0.4 is 4.57 Å². The molecule has 0 saturated heterocycles. The molecule has 0 saturated carbocycles. The molecular formula is C18H22N+. The van der Waals surface area contributed by atoms with E-state index < -0.39 is 0 Å². The Labute approximate surface area is 116 Å². The first-order valence-electron chi connectivity index (χ1n) is 6.93. The molecule has 1 aromatic carbocycles. The summed E-state index contributed by atoms with van der Waals surface area (Å²) in [5.74, 6) is 0.640. The number of nitrogens with zero attached hydrogens (tertiary/aromatic N) is 1. The van der Waals surface area contributed by atoms with Gasteiger partial charge in [-0.05, 0) is 23.5 Å². The molecule has 0 amide bonds. The van der Waals surface area contributed by atoms with E-state index in [0.717, 1.165) is 6.54 Å². The van der Waals surface area contributed by atoms with Crippen LogP contribution in [-0.2, 0) is 6.54 Å². The Morgan fingerprint density at radius 2 is 1.74 bits per heavy atom. The average molecular weight is 252 g/mol. The highest BCUT2D eigenvalue weighted by Crippen LogP contribution is 2.16. The second-order valence-corrected chi connectivity index (χ2v) is 5.06. The lowest BCUT2D eigenvalue weighted by atomic mass is 10.0. The first kappa shape index (κ1) is 13.5. The molecule has 0 bridgehead atoms. The van der Waals surface area contributed by atoms with Crippen molar-refractivity contribution < 1.29 is 4.57 Å². The Kier molecular flexibility index (Phi) is 4.51. The summed E-state index contributed by atoms with van der Waals surface area (Å²) < 4.78 is 2.22. The van der Waals surface area contributed by atoms with Gasteiger partial charge in [0.1, 0.15) is 0 Å². The third kappa shape index (κ3) is 3.54. The molecule has 98 valence electrons. The summed E-state index contributed by atoms with van der Waals surface area (Å²) in [6.07, 6.45) is 7.40. The van der Waals surface area contributed by atoms with E-state index in [1.165, 1.54) is 23.1 Å². The van der Waals surface area contributed by atoms with E-state index in [1.807, 2.05) is 6.08 Å². The molecular weight excluding hydrogens is 230 g/mol. The Morgan fingerprint density at radius 1 is 1.11 bits per heavy atom. The van der Waals surface area contributed by atoms with Gasteiger partial charge in [0, 0.05) is 17.7 Å². The van der Waals surface area contributed by atoms with Crippen LogP contribution in [0.25, 0.3) is 6.08 Å². The molecule has 1 unspecified atom stereocenters. The molecule has 0 spiro atoms. The van der Waals surface area contributed by atoms with Gasteiger partial charge in [0.05, 0.1) is 0 Å². The van der Waals surface area contributed by atoms with Crippen LogP contribution in [0.4, 0.5) is 0 Å². The van der Waals surface area contributed by atoms with Gasteiger partial charge in [0.2, 0.25) is 0 Å². The van der Waals surface area contributed by atoms with Gasteiger partial charge in [0.25, 0.3) is 0 Å². The van der Waals surface area contributed by atoms with Gasteiger partial charge in [0.15, 0.2) is 18.9 Å². The predicted octanol–water partition coefficient (Wildman–Crippen LogP) is 4.18. The Balaban J connectivity index is 2.08. The lowest BCUT2D eigenvalue weighted by Crippen LogP contribution is -2.33. The zero-order chi connectivity index (χ0) is 13.7. The SMILES string of the molecule is C=Cc1ccc(C[n+]2ccc(C(C)CC)cc2)cc1. The molecule has 19 heavy (non-hydrogen) atoms. The highest BCUT2D eigenvalue weighted by molar-refractivity contribution is 5.47. The number of rotatable bonds is 5. The number of benzene rings is 1. The molecule has 1 heteroatoms. The van der Waals surface area contributed by atoms with Crippen molar-refractivity contribution in [3.63, 3.8) is 0 Å². The lowest BCUT2D eigenvalue weighted by molar-refractivity contribution is -0.688. The van der Waals surface area contributed by atoms with Gasteiger partial charge < -0.3 is 0 Å². The minimum Gasteiger partial charge on any atom is -0.201 e. The van der Waals surface area contributed by atoms with E-state index in [4.69, 9.17) is 0 Å². The molecule has 1 atom stereocenters. The molecule has 0 aliphatic carbocycles. The van der Waals surface area contributed by atoms with Crippen LogP contribution in [0.1, 0.15) is 42.9 Å². The average Bonchev–Trinajstić information content (AvgIpc) is 2.48. The van der Waals surface area contributed by atoms with Crippen LogP contribution in [0.15, 0.2) is 55.4 Å². The van der Waals surface area contributed by atoms with Crippen LogP contribution >= 0.6 is 0 Å². The van der Waals surface area contributed by atoms with E-state index in [1.54, 1.807) is 0 Å². The van der Waals surface area contributed by atoms with Gasteiger partial charge in [-0.25, -0.2) is 4.57 Å². The Bertz CT molecular complexity index is 523. The summed E-state index contributed by atoms with van der Waals surface area (Å²) in [5, 5.41) is 0. The molecule has 1 aromatic heterocycles.